The van der Waals surface area contributed by atoms with Crippen LogP contribution >= 0.6 is 0 Å². The highest BCUT2D eigenvalue weighted by Crippen LogP contribution is 2.27. The summed E-state index contributed by atoms with van der Waals surface area (Å²) < 4.78 is 17.9. The van der Waals surface area contributed by atoms with Crippen molar-refractivity contribution >= 4 is 29.2 Å². The molecule has 1 aromatic carbocycles. The topological polar surface area (TPSA) is 170 Å². The van der Waals surface area contributed by atoms with Crippen molar-refractivity contribution in [2.75, 3.05) is 0 Å². The number of carbonyl (C=O) groups is 3. The van der Waals surface area contributed by atoms with Crippen LogP contribution in [0.1, 0.15) is 34.7 Å². The van der Waals surface area contributed by atoms with Crippen LogP contribution in [0, 0.1) is 18.7 Å². The van der Waals surface area contributed by atoms with E-state index in [1.807, 2.05) is 0 Å². The zero-order valence-corrected chi connectivity index (χ0v) is 17.0. The Morgan fingerprint density at radius 3 is 2.75 bits per heavy atom. The fourth-order valence-corrected chi connectivity index (χ4v) is 3.58. The van der Waals surface area contributed by atoms with Gasteiger partial charge in [0.15, 0.2) is 0 Å². The van der Waals surface area contributed by atoms with Crippen LogP contribution in [0.25, 0.3) is 10.9 Å². The molecule has 3 atom stereocenters. The van der Waals surface area contributed by atoms with E-state index in [-0.39, 0.29) is 36.9 Å². The number of halogens is 1. The third kappa shape index (κ3) is 5.27. The van der Waals surface area contributed by atoms with Crippen LogP contribution in [0.4, 0.5) is 4.39 Å². The second kappa shape index (κ2) is 10.0. The molecule has 1 fully saturated rings. The number of amides is 2. The van der Waals surface area contributed by atoms with Gasteiger partial charge in [-0.05, 0) is 44.0 Å². The maximum Gasteiger partial charge on any atom is 0.290 e. The van der Waals surface area contributed by atoms with E-state index < -0.39 is 24.0 Å². The number of fused-ring (bicyclic) bond motifs is 1. The largest absolute Gasteiger partial charge is 0.483 e. The lowest BCUT2D eigenvalue weighted by Gasteiger charge is -2.15. The number of hydrogen-bond donors (Lipinski definition) is 5. The van der Waals surface area contributed by atoms with Crippen LogP contribution in [0.3, 0.4) is 0 Å². The van der Waals surface area contributed by atoms with Crippen molar-refractivity contribution < 1.29 is 33.6 Å². The predicted octanol–water partition coefficient (Wildman–Crippen LogP) is 0.885. The number of aryl methyl sites for hydroxylation is 1. The van der Waals surface area contributed by atoms with Crippen molar-refractivity contribution in [2.45, 2.75) is 38.5 Å². The van der Waals surface area contributed by atoms with Crippen LogP contribution in [0.2, 0.25) is 0 Å². The lowest BCUT2D eigenvalue weighted by atomic mass is 10.1. The number of carboxylic acid groups (broad SMARTS) is 1. The standard InChI is InChI=1S/C19H20FN5O4.CH2O2/c1-9-16(25-29-24-9)8-21-18(27)11-6-14(17(26)7-11)23-19(28)15-5-10-4-12(20)2-3-13(10)22-15;2-1-3/h2-5,11,14,17,22,26H,6-8H2,1H3,(H,21,27)(H,23,28);1H,(H,2,3)/t11-,14+,17+;/m0./s1. The lowest BCUT2D eigenvalue weighted by Crippen LogP contribution is -2.40. The molecule has 2 amide bonds. The van der Waals surface area contributed by atoms with E-state index in [0.717, 1.165) is 0 Å². The van der Waals surface area contributed by atoms with Crippen LogP contribution < -0.4 is 10.6 Å². The Kier molecular flexibility index (Phi) is 7.15. The Labute approximate surface area is 181 Å². The number of aliphatic hydroxyl groups excluding tert-OH is 1. The Hall–Kier alpha value is -3.80. The van der Waals surface area contributed by atoms with Crippen molar-refractivity contribution in [3.63, 3.8) is 0 Å². The molecular weight excluding hydrogens is 425 g/mol. The molecule has 170 valence electrons. The molecule has 2 aromatic heterocycles. The monoisotopic (exact) mass is 447 g/mol. The SMILES string of the molecule is Cc1nonc1CNC(=O)[C@@H]1C[C@@H](O)[C@H](NC(=O)c2cc3cc(F)ccc3[nH]2)C1.O=CO. The molecule has 1 aliphatic rings. The number of aromatic nitrogens is 3. The number of H-pyrrole nitrogens is 1. The highest BCUT2D eigenvalue weighted by molar-refractivity contribution is 5.98. The molecule has 32 heavy (non-hydrogen) atoms. The van der Waals surface area contributed by atoms with Gasteiger partial charge in [-0.3, -0.25) is 14.4 Å². The Balaban J connectivity index is 0.000000913. The summed E-state index contributed by atoms with van der Waals surface area (Å²) >= 11 is 0. The van der Waals surface area contributed by atoms with Crippen LogP contribution in [-0.4, -0.2) is 55.9 Å². The number of aromatic amines is 1. The first-order chi connectivity index (χ1) is 15.3. The zero-order valence-electron chi connectivity index (χ0n) is 17.0. The number of nitrogens with one attached hydrogen (secondary N) is 3. The Bertz CT molecular complexity index is 1110. The molecule has 4 rings (SSSR count). The molecule has 0 spiro atoms. The van der Waals surface area contributed by atoms with E-state index in [2.05, 4.69) is 30.6 Å². The number of benzene rings is 1. The molecule has 0 bridgehead atoms. The summed E-state index contributed by atoms with van der Waals surface area (Å²) in [6.45, 7) is 1.66. The van der Waals surface area contributed by atoms with Gasteiger partial charge < -0.3 is 25.8 Å². The zero-order chi connectivity index (χ0) is 23.3. The highest BCUT2D eigenvalue weighted by Gasteiger charge is 2.38. The Morgan fingerprint density at radius 1 is 1.31 bits per heavy atom. The average Bonchev–Trinajstić information content (AvgIpc) is 3.45. The summed E-state index contributed by atoms with van der Waals surface area (Å²) in [7, 11) is 0. The summed E-state index contributed by atoms with van der Waals surface area (Å²) in [5, 5.41) is 30.6. The first-order valence-corrected chi connectivity index (χ1v) is 9.73. The molecule has 2 heterocycles. The molecule has 0 radical (unpaired) electrons. The maximum atomic E-state index is 13.3. The number of carbonyl (C=O) groups excluding carboxylic acids is 2. The van der Waals surface area contributed by atoms with Crippen molar-refractivity contribution in [1.82, 2.24) is 25.9 Å². The molecule has 0 unspecified atom stereocenters. The summed E-state index contributed by atoms with van der Waals surface area (Å²) in [5.74, 6) is -1.48. The van der Waals surface area contributed by atoms with Gasteiger partial charge in [0.05, 0.1) is 18.7 Å². The van der Waals surface area contributed by atoms with E-state index >= 15 is 0 Å². The first kappa shape index (κ1) is 22.9. The van der Waals surface area contributed by atoms with Gasteiger partial charge in [-0.1, -0.05) is 10.3 Å². The van der Waals surface area contributed by atoms with E-state index in [1.54, 1.807) is 19.1 Å². The van der Waals surface area contributed by atoms with Crippen molar-refractivity contribution in [3.05, 3.63) is 47.2 Å². The molecule has 5 N–H and O–H groups in total. The van der Waals surface area contributed by atoms with Crippen molar-refractivity contribution in [2.24, 2.45) is 5.92 Å². The van der Waals surface area contributed by atoms with Gasteiger partial charge in [-0.2, -0.15) is 0 Å². The maximum absolute atomic E-state index is 13.3. The smallest absolute Gasteiger partial charge is 0.290 e. The van der Waals surface area contributed by atoms with Gasteiger partial charge in [0.25, 0.3) is 12.4 Å². The summed E-state index contributed by atoms with van der Waals surface area (Å²) in [5.41, 5.74) is 2.04. The molecule has 0 saturated heterocycles. The molecule has 0 aliphatic heterocycles. The third-order valence-corrected chi connectivity index (χ3v) is 5.22. The number of nitrogens with zero attached hydrogens (tertiary/aromatic N) is 2. The van der Waals surface area contributed by atoms with Gasteiger partial charge in [-0.15, -0.1) is 0 Å². The van der Waals surface area contributed by atoms with Gasteiger partial charge in [0, 0.05) is 16.8 Å². The fraction of sp³-hybridized carbons (Fsp3) is 0.350. The molecule has 3 aromatic rings. The summed E-state index contributed by atoms with van der Waals surface area (Å²) in [6.07, 6.45) is -0.291. The highest BCUT2D eigenvalue weighted by atomic mass is 19.1. The van der Waals surface area contributed by atoms with E-state index in [9.17, 15) is 19.1 Å². The van der Waals surface area contributed by atoms with Crippen molar-refractivity contribution in [1.29, 1.82) is 0 Å². The normalized spacial score (nSPS) is 19.8. The minimum absolute atomic E-state index is 0.184. The molecule has 11 nitrogen and oxygen atoms in total. The van der Waals surface area contributed by atoms with E-state index in [1.165, 1.54) is 12.1 Å². The van der Waals surface area contributed by atoms with Crippen LogP contribution in [0.5, 0.6) is 0 Å². The second-order valence-electron chi connectivity index (χ2n) is 7.35. The quantitative estimate of drug-likeness (QED) is 0.359. The molecule has 1 aliphatic carbocycles. The van der Waals surface area contributed by atoms with Gasteiger partial charge in [0.1, 0.15) is 22.9 Å². The minimum atomic E-state index is -0.841. The van der Waals surface area contributed by atoms with Gasteiger partial charge in [0.2, 0.25) is 5.91 Å². The lowest BCUT2D eigenvalue weighted by molar-refractivity contribution is -0.125. The van der Waals surface area contributed by atoms with Crippen LogP contribution in [-0.2, 0) is 16.1 Å². The van der Waals surface area contributed by atoms with E-state index in [0.29, 0.717) is 28.7 Å². The third-order valence-electron chi connectivity index (χ3n) is 5.22. The predicted molar refractivity (Wildman–Crippen MR) is 108 cm³/mol. The summed E-state index contributed by atoms with van der Waals surface area (Å²) in [4.78, 5) is 36.2. The second-order valence-corrected chi connectivity index (χ2v) is 7.35. The molecule has 12 heteroatoms. The summed E-state index contributed by atoms with van der Waals surface area (Å²) in [6, 6.07) is 5.18. The number of hydrogen-bond acceptors (Lipinski definition) is 7. The van der Waals surface area contributed by atoms with E-state index in [4.69, 9.17) is 9.90 Å². The average molecular weight is 447 g/mol. The fourth-order valence-electron chi connectivity index (χ4n) is 3.58. The van der Waals surface area contributed by atoms with Gasteiger partial charge >= 0.3 is 0 Å². The van der Waals surface area contributed by atoms with Gasteiger partial charge in [-0.25, -0.2) is 9.02 Å². The first-order valence-electron chi connectivity index (χ1n) is 9.73. The van der Waals surface area contributed by atoms with Crippen LogP contribution in [0.15, 0.2) is 28.9 Å². The Morgan fingerprint density at radius 2 is 2.06 bits per heavy atom. The number of aliphatic hydroxyl groups is 1. The molecular formula is C20H22FN5O6. The minimum Gasteiger partial charge on any atom is -0.483 e. The molecule has 1 saturated carbocycles. The number of rotatable bonds is 5. The van der Waals surface area contributed by atoms with Crippen molar-refractivity contribution in [3.8, 4) is 0 Å².